The summed E-state index contributed by atoms with van der Waals surface area (Å²) in [5, 5.41) is 7.58. The average Bonchev–Trinajstić information content (AvgIpc) is 3.22. The number of amides is 3. The highest BCUT2D eigenvalue weighted by molar-refractivity contribution is 6.03. The lowest BCUT2D eigenvalue weighted by atomic mass is 10.2. The second-order valence-corrected chi connectivity index (χ2v) is 5.72. The van der Waals surface area contributed by atoms with Gasteiger partial charge in [-0.15, -0.1) is 0 Å². The molecule has 0 aliphatic heterocycles. The maximum Gasteiger partial charge on any atom is 0.291 e. The lowest BCUT2D eigenvalue weighted by Gasteiger charge is -2.09. The number of carbonyl (C=O) groups is 3. The second kappa shape index (κ2) is 8.63. The zero-order valence-electron chi connectivity index (χ0n) is 14.6. The Hall–Kier alpha value is -3.94. The number of halogens is 1. The van der Waals surface area contributed by atoms with Crippen LogP contribution < -0.4 is 16.0 Å². The molecule has 142 valence electrons. The van der Waals surface area contributed by atoms with Gasteiger partial charge in [0.25, 0.3) is 11.8 Å². The molecule has 1 aromatic heterocycles. The molecule has 0 saturated heterocycles. The van der Waals surface area contributed by atoms with Gasteiger partial charge in [-0.25, -0.2) is 4.39 Å². The van der Waals surface area contributed by atoms with Gasteiger partial charge < -0.3 is 20.4 Å². The monoisotopic (exact) mass is 381 g/mol. The summed E-state index contributed by atoms with van der Waals surface area (Å²) in [5.41, 5.74) is 0.731. The molecule has 0 radical (unpaired) electrons. The Morgan fingerprint density at radius 2 is 1.61 bits per heavy atom. The summed E-state index contributed by atoms with van der Waals surface area (Å²) in [5.74, 6) is -2.12. The summed E-state index contributed by atoms with van der Waals surface area (Å²) in [6.45, 7) is -0.337. The van der Waals surface area contributed by atoms with Crippen LogP contribution in [0.15, 0.2) is 71.3 Å². The van der Waals surface area contributed by atoms with Crippen molar-refractivity contribution in [2.24, 2.45) is 0 Å². The minimum atomic E-state index is -0.687. The van der Waals surface area contributed by atoms with Gasteiger partial charge in [0.15, 0.2) is 5.76 Å². The first-order valence-corrected chi connectivity index (χ1v) is 8.30. The highest BCUT2D eigenvalue weighted by atomic mass is 19.1. The molecule has 1 heterocycles. The van der Waals surface area contributed by atoms with Crippen molar-refractivity contribution < 1.29 is 23.2 Å². The molecule has 3 aromatic rings. The molecule has 0 fully saturated rings. The van der Waals surface area contributed by atoms with Crippen molar-refractivity contribution in [3.8, 4) is 0 Å². The average molecular weight is 381 g/mol. The zero-order valence-corrected chi connectivity index (χ0v) is 14.6. The Morgan fingerprint density at radius 1 is 0.857 bits per heavy atom. The third-order valence-corrected chi connectivity index (χ3v) is 3.68. The van der Waals surface area contributed by atoms with Crippen LogP contribution in [0.3, 0.4) is 0 Å². The smallest absolute Gasteiger partial charge is 0.291 e. The molecule has 3 amide bonds. The van der Waals surface area contributed by atoms with Crippen LogP contribution in [-0.2, 0) is 4.79 Å². The summed E-state index contributed by atoms with van der Waals surface area (Å²) in [6, 6.07) is 15.1. The van der Waals surface area contributed by atoms with Crippen LogP contribution in [0, 0.1) is 5.82 Å². The Labute approximate surface area is 159 Å². The van der Waals surface area contributed by atoms with Crippen molar-refractivity contribution in [2.75, 3.05) is 17.2 Å². The van der Waals surface area contributed by atoms with Crippen LogP contribution in [0.5, 0.6) is 0 Å². The highest BCUT2D eigenvalue weighted by Gasteiger charge is 2.13. The standard InChI is InChI=1S/C20H16FN3O4/c21-16-8-2-1-7-15(16)19(26)22-12-18(25)23-13-5-3-6-14(11-13)24-20(27)17-9-4-10-28-17/h1-11H,12H2,(H,22,26)(H,23,25)(H,24,27). The van der Waals surface area contributed by atoms with Crippen molar-refractivity contribution >= 4 is 29.1 Å². The number of benzene rings is 2. The summed E-state index contributed by atoms with van der Waals surface area (Å²) >= 11 is 0. The normalized spacial score (nSPS) is 10.2. The van der Waals surface area contributed by atoms with Gasteiger partial charge in [-0.1, -0.05) is 18.2 Å². The zero-order chi connectivity index (χ0) is 19.9. The number of nitrogens with one attached hydrogen (secondary N) is 3. The molecule has 3 N–H and O–H groups in total. The molecule has 8 heteroatoms. The maximum absolute atomic E-state index is 13.6. The molecule has 0 unspecified atom stereocenters. The van der Waals surface area contributed by atoms with Crippen molar-refractivity contribution in [1.82, 2.24) is 5.32 Å². The molecule has 0 aliphatic carbocycles. The van der Waals surface area contributed by atoms with E-state index in [1.165, 1.54) is 30.5 Å². The third-order valence-electron chi connectivity index (χ3n) is 3.68. The first kappa shape index (κ1) is 18.8. The fourth-order valence-corrected chi connectivity index (χ4v) is 2.38. The van der Waals surface area contributed by atoms with Crippen LogP contribution in [0.2, 0.25) is 0 Å². The molecule has 0 saturated carbocycles. The quantitative estimate of drug-likeness (QED) is 0.611. The molecular weight excluding hydrogens is 365 g/mol. The summed E-state index contributed by atoms with van der Waals surface area (Å²) in [6.07, 6.45) is 1.39. The number of hydrogen-bond acceptors (Lipinski definition) is 4. The SMILES string of the molecule is O=C(CNC(=O)c1ccccc1F)Nc1cccc(NC(=O)c2ccco2)c1. The summed E-state index contributed by atoms with van der Waals surface area (Å²) in [4.78, 5) is 35.9. The van der Waals surface area contributed by atoms with Crippen LogP contribution in [0.1, 0.15) is 20.9 Å². The first-order valence-electron chi connectivity index (χ1n) is 8.30. The third kappa shape index (κ3) is 4.82. The Morgan fingerprint density at radius 3 is 2.32 bits per heavy atom. The lowest BCUT2D eigenvalue weighted by molar-refractivity contribution is -0.115. The number of hydrogen-bond donors (Lipinski definition) is 3. The van der Waals surface area contributed by atoms with Gasteiger partial charge in [0.05, 0.1) is 18.4 Å². The van der Waals surface area contributed by atoms with E-state index in [4.69, 9.17) is 4.42 Å². The molecule has 28 heavy (non-hydrogen) atoms. The Balaban J connectivity index is 1.55. The van der Waals surface area contributed by atoms with Gasteiger partial charge >= 0.3 is 0 Å². The largest absolute Gasteiger partial charge is 0.459 e. The Kier molecular flexibility index (Phi) is 5.81. The number of carbonyl (C=O) groups excluding carboxylic acids is 3. The fourth-order valence-electron chi connectivity index (χ4n) is 2.38. The topological polar surface area (TPSA) is 100 Å². The van der Waals surface area contributed by atoms with Gasteiger partial charge in [0.2, 0.25) is 5.91 Å². The van der Waals surface area contributed by atoms with Gasteiger partial charge in [-0.3, -0.25) is 14.4 Å². The first-order chi connectivity index (χ1) is 13.5. The molecule has 0 spiro atoms. The van der Waals surface area contributed by atoms with Crippen LogP contribution in [-0.4, -0.2) is 24.3 Å². The van der Waals surface area contributed by atoms with E-state index in [0.29, 0.717) is 11.4 Å². The van der Waals surface area contributed by atoms with Gasteiger partial charge in [0, 0.05) is 11.4 Å². The van der Waals surface area contributed by atoms with E-state index in [-0.39, 0.29) is 17.9 Å². The number of furan rings is 1. The Bertz CT molecular complexity index is 1000. The number of anilines is 2. The minimum absolute atomic E-state index is 0.141. The van der Waals surface area contributed by atoms with Gasteiger partial charge in [0.1, 0.15) is 5.82 Å². The number of rotatable bonds is 6. The van der Waals surface area contributed by atoms with E-state index < -0.39 is 23.5 Å². The summed E-state index contributed by atoms with van der Waals surface area (Å²) < 4.78 is 18.6. The summed E-state index contributed by atoms with van der Waals surface area (Å²) in [7, 11) is 0. The van der Waals surface area contributed by atoms with Crippen molar-refractivity contribution in [3.63, 3.8) is 0 Å². The van der Waals surface area contributed by atoms with Crippen molar-refractivity contribution in [1.29, 1.82) is 0 Å². The predicted octanol–water partition coefficient (Wildman–Crippen LogP) is 3.04. The second-order valence-electron chi connectivity index (χ2n) is 5.72. The van der Waals surface area contributed by atoms with E-state index in [9.17, 15) is 18.8 Å². The van der Waals surface area contributed by atoms with Crippen LogP contribution in [0.25, 0.3) is 0 Å². The van der Waals surface area contributed by atoms with E-state index in [1.54, 1.807) is 30.3 Å². The van der Waals surface area contributed by atoms with E-state index in [0.717, 1.165) is 6.07 Å². The molecule has 3 rings (SSSR count). The fraction of sp³-hybridized carbons (Fsp3) is 0.0500. The van der Waals surface area contributed by atoms with Crippen molar-refractivity contribution in [2.45, 2.75) is 0 Å². The van der Waals surface area contributed by atoms with E-state index in [1.807, 2.05) is 0 Å². The lowest BCUT2D eigenvalue weighted by Crippen LogP contribution is -2.33. The van der Waals surface area contributed by atoms with Gasteiger partial charge in [-0.05, 0) is 42.5 Å². The molecule has 0 atom stereocenters. The molecule has 2 aromatic carbocycles. The van der Waals surface area contributed by atoms with E-state index in [2.05, 4.69) is 16.0 Å². The molecule has 7 nitrogen and oxygen atoms in total. The molecular formula is C20H16FN3O4. The van der Waals surface area contributed by atoms with Crippen molar-refractivity contribution in [3.05, 3.63) is 84.1 Å². The molecule has 0 bridgehead atoms. The molecule has 0 aliphatic rings. The van der Waals surface area contributed by atoms with Crippen LogP contribution >= 0.6 is 0 Å². The highest BCUT2D eigenvalue weighted by Crippen LogP contribution is 2.16. The maximum atomic E-state index is 13.6. The van der Waals surface area contributed by atoms with E-state index >= 15 is 0 Å². The van der Waals surface area contributed by atoms with Crippen LogP contribution in [0.4, 0.5) is 15.8 Å². The van der Waals surface area contributed by atoms with Gasteiger partial charge in [-0.2, -0.15) is 0 Å². The minimum Gasteiger partial charge on any atom is -0.459 e. The predicted molar refractivity (Wildman–Crippen MR) is 100 cm³/mol.